The van der Waals surface area contributed by atoms with Crippen LogP contribution in [0.25, 0.3) is 10.8 Å². The second kappa shape index (κ2) is 14.6. The summed E-state index contributed by atoms with van der Waals surface area (Å²) in [7, 11) is -2.32. The van der Waals surface area contributed by atoms with Gasteiger partial charge in [-0.3, -0.25) is 19.1 Å². The fourth-order valence-corrected chi connectivity index (χ4v) is 9.38. The van der Waals surface area contributed by atoms with Gasteiger partial charge in [0.15, 0.2) is 0 Å². The number of methoxy groups -OCH3 is 1. The summed E-state index contributed by atoms with van der Waals surface area (Å²) < 4.78 is 44.4. The molecule has 4 aliphatic rings. The zero-order valence-corrected chi connectivity index (χ0v) is 32.6. The van der Waals surface area contributed by atoms with Crippen molar-refractivity contribution in [1.29, 1.82) is 0 Å². The number of benzene rings is 1. The van der Waals surface area contributed by atoms with Gasteiger partial charge in [0.1, 0.15) is 35.1 Å². The van der Waals surface area contributed by atoms with Gasteiger partial charge >= 0.3 is 6.09 Å². The molecule has 14 nitrogen and oxygen atoms in total. The van der Waals surface area contributed by atoms with Gasteiger partial charge in [-0.1, -0.05) is 12.2 Å². The van der Waals surface area contributed by atoms with Gasteiger partial charge in [0.2, 0.25) is 27.7 Å². The Labute approximate surface area is 314 Å². The van der Waals surface area contributed by atoms with E-state index in [1.807, 2.05) is 44.2 Å². The Morgan fingerprint density at radius 3 is 2.58 bits per heavy atom. The number of aromatic nitrogens is 1. The summed E-state index contributed by atoms with van der Waals surface area (Å²) in [5.41, 5.74) is -2.34. The Bertz CT molecular complexity index is 1910. The fourth-order valence-electron chi connectivity index (χ4n) is 6.85. The minimum atomic E-state index is -3.90. The van der Waals surface area contributed by atoms with Crippen LogP contribution in [0.2, 0.25) is 0 Å². The number of thioether (sulfide) groups is 1. The van der Waals surface area contributed by atoms with E-state index in [4.69, 9.17) is 14.2 Å². The number of pyridine rings is 1. The third kappa shape index (κ3) is 8.69. The van der Waals surface area contributed by atoms with Gasteiger partial charge in [-0.05, 0) is 102 Å². The van der Waals surface area contributed by atoms with Crippen LogP contribution >= 0.6 is 11.8 Å². The molecule has 1 saturated heterocycles. The van der Waals surface area contributed by atoms with Crippen LogP contribution in [0.3, 0.4) is 0 Å². The van der Waals surface area contributed by atoms with Gasteiger partial charge in [-0.25, -0.2) is 18.2 Å². The number of alkyl carbamates (subject to hydrolysis) is 1. The molecule has 5 atom stereocenters. The Morgan fingerprint density at radius 2 is 1.89 bits per heavy atom. The van der Waals surface area contributed by atoms with Crippen LogP contribution in [-0.4, -0.2) is 101 Å². The summed E-state index contributed by atoms with van der Waals surface area (Å²) in [5, 5.41) is 6.58. The van der Waals surface area contributed by atoms with E-state index in [2.05, 4.69) is 20.3 Å². The van der Waals surface area contributed by atoms with Crippen LogP contribution in [0, 0.1) is 5.92 Å². The number of ether oxygens (including phenoxy) is 3. The molecule has 1 aromatic carbocycles. The standard InChI is InChI=1S/C37H49N5O9S2/c1-35(2,3)51-34(46)39-29-32(44)42-21-25(50-31-27-14-11-24(49-6)18-22(27)15-16-38-31)19-28(42)30(43)40-37(33(45)41-53(47,48)26-12-13-26)20-23(37)10-8-7-9-17-52-36(29,4)5/h8,10-11,14-16,18,23,25-26,28-29H,7,9,12-13,17,19-21H2,1-6H3,(H,39,46)(H,40,43)(H,41,45)/b10-8-/t23-,25-,28+,29-,37-/m1/s1. The number of amides is 4. The van der Waals surface area contributed by atoms with Gasteiger partial charge < -0.3 is 29.7 Å². The highest BCUT2D eigenvalue weighted by atomic mass is 32.2. The van der Waals surface area contributed by atoms with Crippen LogP contribution in [0.5, 0.6) is 11.6 Å². The minimum absolute atomic E-state index is 0.0308. The van der Waals surface area contributed by atoms with Gasteiger partial charge in [-0.15, -0.1) is 0 Å². The Kier molecular flexibility index (Phi) is 10.7. The van der Waals surface area contributed by atoms with Crippen molar-refractivity contribution in [2.75, 3.05) is 19.4 Å². The maximum atomic E-state index is 14.8. The summed E-state index contributed by atoms with van der Waals surface area (Å²) in [6.45, 7) is 8.89. The molecule has 3 N–H and O–H groups in total. The first-order chi connectivity index (χ1) is 24.9. The summed E-state index contributed by atoms with van der Waals surface area (Å²) in [6, 6.07) is 5.03. The molecule has 3 fully saturated rings. The lowest BCUT2D eigenvalue weighted by molar-refractivity contribution is -0.141. The number of carbonyl (C=O) groups excluding carboxylic acids is 4. The lowest BCUT2D eigenvalue weighted by Crippen LogP contribution is -2.61. The van der Waals surface area contributed by atoms with Crippen LogP contribution in [0.15, 0.2) is 42.6 Å². The molecule has 0 spiro atoms. The molecule has 0 unspecified atom stereocenters. The molecule has 4 amide bonds. The van der Waals surface area contributed by atoms with Crippen molar-refractivity contribution in [2.24, 2.45) is 5.92 Å². The highest BCUT2D eigenvalue weighted by molar-refractivity contribution is 8.00. The molecule has 3 heterocycles. The van der Waals surface area contributed by atoms with Crippen molar-refractivity contribution >= 4 is 56.4 Å². The summed E-state index contributed by atoms with van der Waals surface area (Å²) in [5.74, 6) is -0.779. The van der Waals surface area contributed by atoms with Gasteiger partial charge in [0.25, 0.3) is 5.91 Å². The predicted octanol–water partition coefficient (Wildman–Crippen LogP) is 3.83. The number of nitrogens with one attached hydrogen (secondary N) is 3. The smallest absolute Gasteiger partial charge is 0.408 e. The van der Waals surface area contributed by atoms with E-state index in [1.165, 1.54) is 16.7 Å². The highest BCUT2D eigenvalue weighted by Crippen LogP contribution is 2.46. The molecular formula is C37H49N5O9S2. The molecule has 1 aromatic heterocycles. The van der Waals surface area contributed by atoms with Crippen LogP contribution in [0.1, 0.15) is 73.1 Å². The van der Waals surface area contributed by atoms with E-state index in [0.29, 0.717) is 42.0 Å². The first-order valence-electron chi connectivity index (χ1n) is 18.0. The second-order valence-electron chi connectivity index (χ2n) is 15.7. The average molecular weight is 772 g/mol. The summed E-state index contributed by atoms with van der Waals surface area (Å²) in [4.78, 5) is 62.0. The first-order valence-corrected chi connectivity index (χ1v) is 20.5. The Morgan fingerprint density at radius 1 is 1.13 bits per heavy atom. The SMILES string of the molecule is COc1ccc2c(O[C@@H]3C[C@H]4C(=O)N[C@]5(C(=O)NS(=O)(=O)C6CC6)C[C@H]5/C=C\CCCSC(C)(C)[C@H](NC(=O)OC(C)(C)C)C(=O)N4C3)nccc2c1. The molecule has 288 valence electrons. The Hall–Kier alpha value is -4.05. The number of rotatable bonds is 7. The van der Waals surface area contributed by atoms with E-state index >= 15 is 0 Å². The number of allylic oxidation sites excluding steroid dienone is 1. The molecular weight excluding hydrogens is 723 g/mol. The third-order valence-corrected chi connectivity index (χ3v) is 13.3. The van der Waals surface area contributed by atoms with Crippen LogP contribution < -0.4 is 24.8 Å². The van der Waals surface area contributed by atoms with Crippen molar-refractivity contribution in [1.82, 2.24) is 25.2 Å². The van der Waals surface area contributed by atoms with Crippen LogP contribution in [-0.2, 0) is 29.1 Å². The normalized spacial score (nSPS) is 28.3. The zero-order chi connectivity index (χ0) is 38.3. The van der Waals surface area contributed by atoms with Gasteiger partial charge in [-0.2, -0.15) is 11.8 Å². The predicted molar refractivity (Wildman–Crippen MR) is 200 cm³/mol. The zero-order valence-electron chi connectivity index (χ0n) is 31.0. The minimum Gasteiger partial charge on any atom is -0.497 e. The van der Waals surface area contributed by atoms with Crippen molar-refractivity contribution < 1.29 is 41.8 Å². The number of hydrogen-bond acceptors (Lipinski definition) is 11. The fraction of sp³-hybridized carbons (Fsp3) is 0.595. The van der Waals surface area contributed by atoms with E-state index in [0.717, 1.165) is 11.8 Å². The van der Waals surface area contributed by atoms with E-state index in [-0.39, 0.29) is 19.4 Å². The molecule has 6 rings (SSSR count). The lowest BCUT2D eigenvalue weighted by Gasteiger charge is -2.37. The van der Waals surface area contributed by atoms with Crippen molar-refractivity contribution in [3.8, 4) is 11.6 Å². The molecule has 2 aliphatic heterocycles. The number of fused-ring (bicyclic) bond motifs is 3. The largest absolute Gasteiger partial charge is 0.497 e. The highest BCUT2D eigenvalue weighted by Gasteiger charge is 2.62. The maximum absolute atomic E-state index is 14.8. The molecule has 0 bridgehead atoms. The van der Waals surface area contributed by atoms with E-state index in [1.54, 1.807) is 40.1 Å². The number of nitrogens with zero attached hydrogens (tertiary/aromatic N) is 2. The molecule has 16 heteroatoms. The second-order valence-corrected chi connectivity index (χ2v) is 19.4. The number of carbonyl (C=O) groups is 4. The van der Waals surface area contributed by atoms with Crippen LogP contribution in [0.4, 0.5) is 4.79 Å². The quantitative estimate of drug-likeness (QED) is 0.348. The topological polar surface area (TPSA) is 182 Å². The van der Waals surface area contributed by atoms with Crippen molar-refractivity contribution in [2.45, 2.75) is 112 Å². The van der Waals surface area contributed by atoms with E-state index in [9.17, 15) is 27.6 Å². The monoisotopic (exact) mass is 771 g/mol. The Balaban J connectivity index is 1.35. The van der Waals surface area contributed by atoms with Crippen molar-refractivity contribution in [3.05, 3.63) is 42.6 Å². The molecule has 2 aromatic rings. The van der Waals surface area contributed by atoms with E-state index < -0.39 is 79.1 Å². The average Bonchev–Trinajstić information content (AvgIpc) is 4.00. The van der Waals surface area contributed by atoms with Crippen molar-refractivity contribution in [3.63, 3.8) is 0 Å². The molecule has 53 heavy (non-hydrogen) atoms. The van der Waals surface area contributed by atoms with Gasteiger partial charge in [0, 0.05) is 28.7 Å². The third-order valence-electron chi connectivity index (χ3n) is 9.99. The first kappa shape index (κ1) is 38.7. The molecule has 2 saturated carbocycles. The summed E-state index contributed by atoms with van der Waals surface area (Å²) in [6.07, 6.45) is 6.49. The number of sulfonamides is 1. The molecule has 0 radical (unpaired) electrons. The van der Waals surface area contributed by atoms with Gasteiger partial charge in [0.05, 0.1) is 18.9 Å². The lowest BCUT2D eigenvalue weighted by atomic mass is 10.0. The molecule has 2 aliphatic carbocycles. The number of hydrogen-bond donors (Lipinski definition) is 3. The maximum Gasteiger partial charge on any atom is 0.408 e. The summed E-state index contributed by atoms with van der Waals surface area (Å²) >= 11 is 1.52.